The van der Waals surface area contributed by atoms with Crippen LogP contribution in [0.4, 0.5) is 34.1 Å². The van der Waals surface area contributed by atoms with E-state index in [2.05, 4.69) is 446 Å². The van der Waals surface area contributed by atoms with Crippen molar-refractivity contribution in [3.8, 4) is 0 Å². The van der Waals surface area contributed by atoms with Crippen molar-refractivity contribution in [3.63, 3.8) is 0 Å². The zero-order valence-electron chi connectivity index (χ0n) is 87.7. The summed E-state index contributed by atoms with van der Waals surface area (Å²) in [4.78, 5) is 23.3. The van der Waals surface area contributed by atoms with Crippen LogP contribution in [0.25, 0.3) is 16.0 Å². The van der Waals surface area contributed by atoms with E-state index in [0.717, 1.165) is 52.0 Å². The van der Waals surface area contributed by atoms with Gasteiger partial charge in [0, 0.05) is 76.3 Å². The minimum Gasteiger partial charge on any atom is -0.421 e. The third-order valence-corrected chi connectivity index (χ3v) is 23.4. The first-order valence-corrected chi connectivity index (χ1v) is 49.5. The number of nitrogens with zero attached hydrogens (tertiary/aromatic N) is 9. The van der Waals surface area contributed by atoms with E-state index >= 15 is 0 Å². The van der Waals surface area contributed by atoms with Gasteiger partial charge < -0.3 is 45.6 Å². The molecule has 0 aliphatic heterocycles. The molecule has 0 N–H and O–H groups in total. The molecule has 0 saturated heterocycles. The maximum absolute atomic E-state index is 5.42. The fourth-order valence-corrected chi connectivity index (χ4v) is 16.6. The Balaban J connectivity index is 0.000000841. The molecule has 9 nitrogen and oxygen atoms in total. The van der Waals surface area contributed by atoms with Crippen molar-refractivity contribution >= 4 is 52.0 Å². The number of allylic oxidation sites excluding steroid dienone is 12. The molecule has 0 fully saturated rings. The minimum atomic E-state index is 0. The molecular formula is C117H180N9Rh3-3. The van der Waals surface area contributed by atoms with Gasteiger partial charge in [-0.25, -0.2) is 0 Å². The molecule has 0 bridgehead atoms. The zero-order chi connectivity index (χ0) is 94.2. The Kier molecular flexibility index (Phi) is 58.7. The Labute approximate surface area is 831 Å². The minimum absolute atomic E-state index is 0. The predicted molar refractivity (Wildman–Crippen MR) is 565 cm³/mol. The van der Waals surface area contributed by atoms with E-state index in [-0.39, 0.29) is 94.7 Å². The van der Waals surface area contributed by atoms with Gasteiger partial charge in [0.2, 0.25) is 0 Å². The average Bonchev–Trinajstić information content (AvgIpc) is 0.791. The van der Waals surface area contributed by atoms with Crippen LogP contribution in [0.15, 0.2) is 197 Å². The Morgan fingerprint density at radius 1 is 0.186 bits per heavy atom. The Bertz CT molecular complexity index is 3740. The summed E-state index contributed by atoms with van der Waals surface area (Å²) in [6.07, 6.45) is 42.0. The number of aliphatic imine (C=N–C) groups is 3. The molecule has 6 aromatic rings. The van der Waals surface area contributed by atoms with Gasteiger partial charge in [-0.15, -0.1) is 0 Å². The first-order chi connectivity index (χ1) is 59.6. The summed E-state index contributed by atoms with van der Waals surface area (Å²) < 4.78 is 0. The summed E-state index contributed by atoms with van der Waals surface area (Å²) in [7, 11) is 0. The molecule has 0 spiro atoms. The first kappa shape index (κ1) is 120. The van der Waals surface area contributed by atoms with Gasteiger partial charge in [0.25, 0.3) is 0 Å². The van der Waals surface area contributed by atoms with Crippen molar-refractivity contribution in [1.82, 2.24) is 14.7 Å². The fourth-order valence-electron chi connectivity index (χ4n) is 16.6. The second-order valence-electron chi connectivity index (χ2n) is 40.2. The molecule has 6 aromatic carbocycles. The molecule has 0 saturated carbocycles. The molecule has 3 aliphatic carbocycles. The van der Waals surface area contributed by atoms with E-state index in [1.54, 1.807) is 0 Å². The molecule has 3 radical (unpaired) electrons. The van der Waals surface area contributed by atoms with Gasteiger partial charge in [0.05, 0.1) is 0 Å². The predicted octanol–water partition coefficient (Wildman–Crippen LogP) is 38.0. The number of para-hydroxylation sites is 6. The van der Waals surface area contributed by atoms with Crippen LogP contribution < -0.4 is 0 Å². The number of rotatable bonds is 24. The molecule has 0 heterocycles. The Hall–Kier alpha value is -6.56. The van der Waals surface area contributed by atoms with Crippen LogP contribution in [0, 0.1) is 0 Å². The normalized spacial score (nSPS) is 15.3. The van der Waals surface area contributed by atoms with Gasteiger partial charge in [0.15, 0.2) is 0 Å². The van der Waals surface area contributed by atoms with Crippen molar-refractivity contribution < 1.29 is 58.4 Å². The molecule has 3 aliphatic rings. The summed E-state index contributed by atoms with van der Waals surface area (Å²) in [5.74, 6) is 7.10. The summed E-state index contributed by atoms with van der Waals surface area (Å²) in [6.45, 7) is 80.9. The maximum atomic E-state index is 5.42. The van der Waals surface area contributed by atoms with Crippen LogP contribution in [0.1, 0.15) is 464 Å². The van der Waals surface area contributed by atoms with Crippen LogP contribution in [0.2, 0.25) is 0 Å². The molecule has 12 heteroatoms. The summed E-state index contributed by atoms with van der Waals surface area (Å²) in [6, 6.07) is 41.5. The second kappa shape index (κ2) is 62.8. The SMILES string of the molecule is C1=C\CC/C=C\CC/1.C1=C\CC/C=C\CC/1.C1=C\CC/C=C\CC/1.CC(C)c1cccc(C(C)C)c1N=C([N-]c1c(C(C)C)cccc1C(C)C)N(C(C)C)C(C)C.CC(C)c1cccc(C(C)C)c1N=C([N-]c1c(C(C)C)cccc1C(C)C)N(C(C)C)C(C)C.CC(C)c1cccc(C(C)C)c1N=C([N-]c1c(C(C)C)cccc1C(C)C)N(C(C)C)C(C)C.[Rh].[Rh].[Rh]. The molecule has 0 atom stereocenters. The molecule has 129 heavy (non-hydrogen) atoms. The quantitative estimate of drug-likeness (QED) is 0.0262. The topological polar surface area (TPSA) is 89.1 Å². The molecule has 723 valence electrons. The molecule has 9 rings (SSSR count). The number of hydrogen-bond donors (Lipinski definition) is 0. The van der Waals surface area contributed by atoms with Gasteiger partial charge in [-0.05, 0) is 285 Å². The van der Waals surface area contributed by atoms with E-state index in [4.69, 9.17) is 30.9 Å². The molecular weight excluding hydrogens is 1840 g/mol. The largest absolute Gasteiger partial charge is 0.421 e. The van der Waals surface area contributed by atoms with Crippen molar-refractivity contribution in [2.75, 3.05) is 0 Å². The van der Waals surface area contributed by atoms with Crippen LogP contribution in [0.5, 0.6) is 0 Å². The molecule has 0 aromatic heterocycles. The monoisotopic (exact) mass is 2020 g/mol. The van der Waals surface area contributed by atoms with E-state index in [9.17, 15) is 0 Å². The van der Waals surface area contributed by atoms with E-state index < -0.39 is 0 Å². The van der Waals surface area contributed by atoms with Gasteiger partial charge in [-0.1, -0.05) is 431 Å². The maximum Gasteiger partial charge on any atom is 0.0191 e. The smallest absolute Gasteiger partial charge is 0.0191 e. The van der Waals surface area contributed by atoms with Crippen LogP contribution in [-0.2, 0) is 58.4 Å². The van der Waals surface area contributed by atoms with E-state index in [1.165, 1.54) is 144 Å². The van der Waals surface area contributed by atoms with Gasteiger partial charge in [-0.2, -0.15) is 0 Å². The zero-order valence-corrected chi connectivity index (χ0v) is 92.6. The van der Waals surface area contributed by atoms with Crippen molar-refractivity contribution in [2.24, 2.45) is 15.0 Å². The van der Waals surface area contributed by atoms with Crippen molar-refractivity contribution in [1.29, 1.82) is 0 Å². The van der Waals surface area contributed by atoms with E-state index in [0.29, 0.717) is 71.0 Å². The summed E-state index contributed by atoms with van der Waals surface area (Å²) in [5, 5.41) is 16.2. The first-order valence-electron chi connectivity index (χ1n) is 49.5. The second-order valence-corrected chi connectivity index (χ2v) is 40.2. The van der Waals surface area contributed by atoms with Crippen molar-refractivity contribution in [3.05, 3.63) is 265 Å². The summed E-state index contributed by atoms with van der Waals surface area (Å²) in [5.41, 5.74) is 21.9. The Morgan fingerprint density at radius 2 is 0.295 bits per heavy atom. The average molecular weight is 2020 g/mol. The van der Waals surface area contributed by atoms with Crippen molar-refractivity contribution in [2.45, 2.75) is 434 Å². The number of guanidine groups is 3. The fraction of sp³-hybridized carbons (Fsp3) is 0.564. The Morgan fingerprint density at radius 3 is 0.395 bits per heavy atom. The standard InChI is InChI=1S/3C31H48N3.3C8H12.3Rh/c3*1-19(2)25-15-13-16-26(20(3)4)29(25)32-31(34(23(9)10)24(11)12)33-30-27(21(5)6)17-14-18-28(30)22(7)8;3*1-2-4-6-8-7-5-3-1;;;/h3*13-24H,1-12H3;3*1-2,7-8H,3-6H2;;;/q3*-1;;;;;;/b;;;3*2-1-,8-7-;;;. The molecule has 0 unspecified atom stereocenters. The number of benzene rings is 6. The van der Waals surface area contributed by atoms with Crippen LogP contribution >= 0.6 is 0 Å². The number of hydrogen-bond acceptors (Lipinski definition) is 3. The third-order valence-electron chi connectivity index (χ3n) is 23.4. The van der Waals surface area contributed by atoms with Crippen LogP contribution in [-0.4, -0.2) is 68.8 Å². The molecule has 0 amide bonds. The van der Waals surface area contributed by atoms with E-state index in [1.807, 2.05) is 0 Å². The summed E-state index contributed by atoms with van der Waals surface area (Å²) >= 11 is 0. The third kappa shape index (κ3) is 39.5. The van der Waals surface area contributed by atoms with Crippen LogP contribution in [0.3, 0.4) is 0 Å². The van der Waals surface area contributed by atoms with Gasteiger partial charge in [0.1, 0.15) is 0 Å². The van der Waals surface area contributed by atoms with Gasteiger partial charge >= 0.3 is 0 Å². The van der Waals surface area contributed by atoms with Gasteiger partial charge in [-0.3, -0.25) is 0 Å².